The lowest BCUT2D eigenvalue weighted by molar-refractivity contribution is -0.178. The predicted octanol–water partition coefficient (Wildman–Crippen LogP) is 2.00. The monoisotopic (exact) mass is 418 g/mol. The third-order valence-corrected chi connectivity index (χ3v) is 4.94. The van der Waals surface area contributed by atoms with Crippen LogP contribution in [0.1, 0.15) is 46.1 Å². The molecular formula is C22H30N2O6. The van der Waals surface area contributed by atoms with E-state index in [1.165, 1.54) is 13.0 Å². The average molecular weight is 418 g/mol. The van der Waals surface area contributed by atoms with Crippen LogP contribution in [0, 0.1) is 0 Å². The van der Waals surface area contributed by atoms with E-state index in [2.05, 4.69) is 5.32 Å². The highest BCUT2D eigenvalue weighted by Crippen LogP contribution is 2.18. The Morgan fingerprint density at radius 2 is 1.93 bits per heavy atom. The van der Waals surface area contributed by atoms with Gasteiger partial charge in [0.25, 0.3) is 5.91 Å². The lowest BCUT2D eigenvalue weighted by Crippen LogP contribution is -2.54. The number of nitrogens with one attached hydrogen (secondary N) is 1. The van der Waals surface area contributed by atoms with Crippen molar-refractivity contribution in [3.05, 3.63) is 47.2 Å². The van der Waals surface area contributed by atoms with E-state index in [9.17, 15) is 25.0 Å². The molecule has 164 valence electrons. The van der Waals surface area contributed by atoms with E-state index < -0.39 is 29.6 Å². The minimum Gasteiger partial charge on any atom is -0.490 e. The second-order valence-electron chi connectivity index (χ2n) is 8.01. The molecule has 0 saturated carbocycles. The molecule has 2 rings (SSSR count). The summed E-state index contributed by atoms with van der Waals surface area (Å²) in [5.74, 6) is -0.493. The molecule has 1 fully saturated rings. The molecule has 0 radical (unpaired) electrons. The van der Waals surface area contributed by atoms with Crippen LogP contribution < -0.4 is 10.1 Å². The van der Waals surface area contributed by atoms with Crippen LogP contribution >= 0.6 is 0 Å². The van der Waals surface area contributed by atoms with Crippen molar-refractivity contribution in [3.63, 3.8) is 0 Å². The maximum Gasteiger partial charge on any atom is 0.294 e. The fourth-order valence-corrected chi connectivity index (χ4v) is 2.73. The fourth-order valence-electron chi connectivity index (χ4n) is 2.73. The number of hydrogen-bond donors (Lipinski definition) is 4. The molecule has 1 aliphatic heterocycles. The number of benzene rings is 1. The first-order valence-corrected chi connectivity index (χ1v) is 9.83. The number of piperazine rings is 1. The van der Waals surface area contributed by atoms with E-state index in [4.69, 9.17) is 4.74 Å². The molecule has 2 amide bonds. The van der Waals surface area contributed by atoms with E-state index in [1.807, 2.05) is 13.0 Å². The van der Waals surface area contributed by atoms with Crippen LogP contribution in [0.2, 0.25) is 0 Å². The van der Waals surface area contributed by atoms with Gasteiger partial charge in [-0.3, -0.25) is 14.8 Å². The van der Waals surface area contributed by atoms with Crippen molar-refractivity contribution in [1.29, 1.82) is 0 Å². The van der Waals surface area contributed by atoms with Crippen LogP contribution in [-0.2, 0) is 9.59 Å². The number of hydrogen-bond acceptors (Lipinski definition) is 6. The Kier molecular flexibility index (Phi) is 7.77. The predicted molar refractivity (Wildman–Crippen MR) is 111 cm³/mol. The van der Waals surface area contributed by atoms with Crippen molar-refractivity contribution in [2.24, 2.45) is 0 Å². The molecule has 1 saturated heterocycles. The number of ether oxygens (including phenoxy) is 1. The Morgan fingerprint density at radius 3 is 2.53 bits per heavy atom. The third-order valence-electron chi connectivity index (χ3n) is 4.94. The highest BCUT2D eigenvalue weighted by molar-refractivity contribution is 6.06. The van der Waals surface area contributed by atoms with E-state index in [0.717, 1.165) is 5.57 Å². The van der Waals surface area contributed by atoms with Crippen LogP contribution in [0.3, 0.4) is 0 Å². The number of carbonyl (C=O) groups is 2. The molecule has 1 aromatic carbocycles. The highest BCUT2D eigenvalue weighted by atomic mass is 16.5. The number of carbonyl (C=O) groups excluding carboxylic acids is 2. The van der Waals surface area contributed by atoms with Gasteiger partial charge in [0.1, 0.15) is 24.1 Å². The van der Waals surface area contributed by atoms with Gasteiger partial charge in [-0.1, -0.05) is 17.7 Å². The maximum atomic E-state index is 12.0. The SMILES string of the molecule is CC(=CCOc1ccc(C=C2NC(=O)[C@H](C)N(O)C2=O)cc1)CC[C@H](O)C(C)(C)O. The zero-order chi connectivity index (χ0) is 22.5. The second-order valence-corrected chi connectivity index (χ2v) is 8.01. The minimum atomic E-state index is -1.12. The molecule has 30 heavy (non-hydrogen) atoms. The molecule has 8 heteroatoms. The molecule has 0 spiro atoms. The molecular weight excluding hydrogens is 388 g/mol. The molecule has 0 aromatic heterocycles. The summed E-state index contributed by atoms with van der Waals surface area (Å²) < 4.78 is 5.67. The lowest BCUT2D eigenvalue weighted by atomic mass is 9.96. The van der Waals surface area contributed by atoms with Crippen LogP contribution in [0.4, 0.5) is 0 Å². The number of aliphatic hydroxyl groups excluding tert-OH is 1. The Hall–Kier alpha value is -2.68. The van der Waals surface area contributed by atoms with Gasteiger partial charge in [-0.05, 0) is 70.4 Å². The Morgan fingerprint density at radius 1 is 1.30 bits per heavy atom. The van der Waals surface area contributed by atoms with Gasteiger partial charge in [0.15, 0.2) is 0 Å². The number of amides is 2. The van der Waals surface area contributed by atoms with E-state index in [0.29, 0.717) is 35.8 Å². The van der Waals surface area contributed by atoms with Gasteiger partial charge in [-0.2, -0.15) is 0 Å². The molecule has 0 bridgehead atoms. The summed E-state index contributed by atoms with van der Waals surface area (Å²) in [6, 6.07) is 6.01. The molecule has 8 nitrogen and oxygen atoms in total. The van der Waals surface area contributed by atoms with E-state index in [1.54, 1.807) is 38.1 Å². The zero-order valence-corrected chi connectivity index (χ0v) is 17.8. The smallest absolute Gasteiger partial charge is 0.294 e. The summed E-state index contributed by atoms with van der Waals surface area (Å²) in [6.07, 6.45) is 3.73. The lowest BCUT2D eigenvalue weighted by Gasteiger charge is -2.28. The number of allylic oxidation sites excluding steroid dienone is 1. The van der Waals surface area contributed by atoms with Gasteiger partial charge in [-0.25, -0.2) is 5.06 Å². The van der Waals surface area contributed by atoms with Crippen molar-refractivity contribution < 1.29 is 29.7 Å². The molecule has 4 N–H and O–H groups in total. The van der Waals surface area contributed by atoms with E-state index >= 15 is 0 Å². The number of hydroxylamine groups is 2. The summed E-state index contributed by atoms with van der Waals surface area (Å²) in [5, 5.41) is 32.2. The van der Waals surface area contributed by atoms with Crippen LogP contribution in [0.15, 0.2) is 41.6 Å². The molecule has 0 unspecified atom stereocenters. The first-order valence-electron chi connectivity index (χ1n) is 9.83. The van der Waals surface area contributed by atoms with Crippen molar-refractivity contribution >= 4 is 17.9 Å². The second kappa shape index (κ2) is 9.88. The minimum absolute atomic E-state index is 0.000992. The maximum absolute atomic E-state index is 12.0. The largest absolute Gasteiger partial charge is 0.490 e. The normalized spacial score (nSPS) is 20.4. The topological polar surface area (TPSA) is 119 Å². The van der Waals surface area contributed by atoms with Gasteiger partial charge < -0.3 is 20.3 Å². The van der Waals surface area contributed by atoms with Crippen LogP contribution in [-0.4, -0.2) is 56.7 Å². The number of nitrogens with zero attached hydrogens (tertiary/aromatic N) is 1. The first kappa shape index (κ1) is 23.6. The first-order chi connectivity index (χ1) is 14.0. The number of aliphatic hydroxyl groups is 2. The Bertz CT molecular complexity index is 823. The molecule has 0 aliphatic carbocycles. The van der Waals surface area contributed by atoms with Gasteiger partial charge in [-0.15, -0.1) is 0 Å². The van der Waals surface area contributed by atoms with Crippen molar-refractivity contribution in [3.8, 4) is 5.75 Å². The molecule has 1 aliphatic rings. The Labute approximate surface area is 176 Å². The average Bonchev–Trinajstić information content (AvgIpc) is 2.69. The summed E-state index contributed by atoms with van der Waals surface area (Å²) in [5.41, 5.74) is 0.600. The third kappa shape index (κ3) is 6.41. The summed E-state index contributed by atoms with van der Waals surface area (Å²) >= 11 is 0. The Balaban J connectivity index is 1.89. The van der Waals surface area contributed by atoms with Crippen molar-refractivity contribution in [2.45, 2.75) is 58.3 Å². The quantitative estimate of drug-likeness (QED) is 0.291. The summed E-state index contributed by atoms with van der Waals surface area (Å²) in [7, 11) is 0. The standard InChI is InChI=1S/C22H30N2O6/c1-14(5-10-19(25)22(3,4)28)11-12-30-17-8-6-16(7-9-17)13-18-21(27)24(29)15(2)20(26)23-18/h6-9,11,13,15,19,25,28-29H,5,10,12H2,1-4H3,(H,23,26)/t15-,19-/m0/s1. The molecule has 1 heterocycles. The van der Waals surface area contributed by atoms with Crippen LogP contribution in [0.5, 0.6) is 5.75 Å². The van der Waals surface area contributed by atoms with Gasteiger partial charge in [0.2, 0.25) is 5.91 Å². The number of rotatable bonds is 8. The van der Waals surface area contributed by atoms with Crippen molar-refractivity contribution in [2.75, 3.05) is 6.61 Å². The highest BCUT2D eigenvalue weighted by Gasteiger charge is 2.33. The van der Waals surface area contributed by atoms with Crippen molar-refractivity contribution in [1.82, 2.24) is 10.4 Å². The van der Waals surface area contributed by atoms with Crippen LogP contribution in [0.25, 0.3) is 6.08 Å². The summed E-state index contributed by atoms with van der Waals surface area (Å²) in [6.45, 7) is 6.89. The zero-order valence-electron chi connectivity index (χ0n) is 17.8. The fraction of sp³-hybridized carbons (Fsp3) is 0.455. The summed E-state index contributed by atoms with van der Waals surface area (Å²) in [4.78, 5) is 23.8. The van der Waals surface area contributed by atoms with E-state index in [-0.39, 0.29) is 5.70 Å². The van der Waals surface area contributed by atoms with Gasteiger partial charge in [0.05, 0.1) is 11.7 Å². The molecule has 2 atom stereocenters. The van der Waals surface area contributed by atoms with Gasteiger partial charge >= 0.3 is 0 Å². The molecule has 1 aromatic rings. The van der Waals surface area contributed by atoms with Gasteiger partial charge in [0, 0.05) is 0 Å².